The number of rotatable bonds is 5. The first kappa shape index (κ1) is 19.2. The number of anilines is 1. The summed E-state index contributed by atoms with van der Waals surface area (Å²) in [4.78, 5) is 6.69. The molecule has 1 heterocycles. The zero-order chi connectivity index (χ0) is 18.6. The Morgan fingerprint density at radius 2 is 1.77 bits per heavy atom. The maximum atomic E-state index is 13.7. The normalized spacial score (nSPS) is 17.5. The molecule has 6 heteroatoms. The lowest BCUT2D eigenvalue weighted by Gasteiger charge is -2.40. The Bertz CT molecular complexity index is 749. The third-order valence-electron chi connectivity index (χ3n) is 4.75. The molecule has 26 heavy (non-hydrogen) atoms. The van der Waals surface area contributed by atoms with Crippen LogP contribution in [0.1, 0.15) is 18.4 Å². The number of nitrogens with one attached hydrogen (secondary N) is 1. The van der Waals surface area contributed by atoms with Crippen molar-refractivity contribution in [3.8, 4) is 0 Å². The Hall–Kier alpha value is -1.62. The summed E-state index contributed by atoms with van der Waals surface area (Å²) in [6.07, 6.45) is 3.73. The van der Waals surface area contributed by atoms with E-state index in [9.17, 15) is 4.39 Å². The number of halogens is 3. The summed E-state index contributed by atoms with van der Waals surface area (Å²) < 4.78 is 13.7. The third kappa shape index (κ3) is 4.56. The Kier molecular flexibility index (Phi) is 6.17. The Morgan fingerprint density at radius 1 is 1.15 bits per heavy atom. The van der Waals surface area contributed by atoms with E-state index in [4.69, 9.17) is 23.2 Å². The average molecular weight is 394 g/mol. The van der Waals surface area contributed by atoms with Crippen LogP contribution in [-0.4, -0.2) is 36.8 Å². The van der Waals surface area contributed by atoms with Crippen molar-refractivity contribution in [3.63, 3.8) is 0 Å². The first-order valence-electron chi connectivity index (χ1n) is 8.64. The maximum absolute atomic E-state index is 13.7. The van der Waals surface area contributed by atoms with E-state index in [0.29, 0.717) is 5.69 Å². The van der Waals surface area contributed by atoms with E-state index in [2.05, 4.69) is 39.5 Å². The van der Waals surface area contributed by atoms with Crippen LogP contribution >= 0.6 is 23.2 Å². The molecule has 1 aliphatic heterocycles. The molecule has 1 saturated heterocycles. The van der Waals surface area contributed by atoms with Crippen LogP contribution < -0.4 is 5.32 Å². The predicted octanol–water partition coefficient (Wildman–Crippen LogP) is 5.28. The molecule has 0 saturated carbocycles. The quantitative estimate of drug-likeness (QED) is 0.552. The van der Waals surface area contributed by atoms with Gasteiger partial charge in [-0.2, -0.15) is 0 Å². The standard InChI is InChI=1S/C20H22Cl2FN3/c1-24-14-20(25-16-11-17(21)19(23)18(22)12-16)7-9-26(10-8-20)13-15-5-3-2-4-6-15/h2-6,11-12,14,25H,7-10,13H2,1H3. The highest BCUT2D eigenvalue weighted by Crippen LogP contribution is 2.32. The molecule has 1 fully saturated rings. The van der Waals surface area contributed by atoms with E-state index in [-0.39, 0.29) is 15.6 Å². The Balaban J connectivity index is 1.70. The average Bonchev–Trinajstić information content (AvgIpc) is 2.63. The summed E-state index contributed by atoms with van der Waals surface area (Å²) in [7, 11) is 1.77. The van der Waals surface area contributed by atoms with Gasteiger partial charge in [-0.15, -0.1) is 0 Å². The number of benzene rings is 2. The molecule has 1 aliphatic rings. The topological polar surface area (TPSA) is 27.6 Å². The van der Waals surface area contributed by atoms with Gasteiger partial charge in [0.25, 0.3) is 0 Å². The van der Waals surface area contributed by atoms with E-state index < -0.39 is 5.82 Å². The number of hydrogen-bond donors (Lipinski definition) is 1. The maximum Gasteiger partial charge on any atom is 0.160 e. The van der Waals surface area contributed by atoms with Gasteiger partial charge in [-0.05, 0) is 30.5 Å². The lowest BCUT2D eigenvalue weighted by molar-refractivity contribution is 0.195. The number of likely N-dealkylation sites (tertiary alicyclic amines) is 1. The minimum Gasteiger partial charge on any atom is -0.374 e. The van der Waals surface area contributed by atoms with Gasteiger partial charge in [0.05, 0.1) is 15.6 Å². The van der Waals surface area contributed by atoms with Crippen molar-refractivity contribution in [2.75, 3.05) is 25.5 Å². The minimum atomic E-state index is -0.588. The molecule has 0 spiro atoms. The van der Waals surface area contributed by atoms with Crippen LogP contribution in [0.15, 0.2) is 47.5 Å². The van der Waals surface area contributed by atoms with Crippen molar-refractivity contribution in [1.29, 1.82) is 0 Å². The summed E-state index contributed by atoms with van der Waals surface area (Å²) in [5.41, 5.74) is 1.74. The van der Waals surface area contributed by atoms with Gasteiger partial charge in [0.2, 0.25) is 0 Å². The molecule has 0 atom stereocenters. The zero-order valence-corrected chi connectivity index (χ0v) is 16.2. The van der Waals surface area contributed by atoms with Gasteiger partial charge in [0, 0.05) is 38.6 Å². The monoisotopic (exact) mass is 393 g/mol. The van der Waals surface area contributed by atoms with E-state index >= 15 is 0 Å². The van der Waals surface area contributed by atoms with Crippen molar-refractivity contribution >= 4 is 35.1 Å². The Morgan fingerprint density at radius 3 is 2.35 bits per heavy atom. The molecule has 0 unspecified atom stereocenters. The van der Waals surface area contributed by atoms with Crippen LogP contribution in [-0.2, 0) is 6.54 Å². The van der Waals surface area contributed by atoms with Crippen molar-refractivity contribution in [2.45, 2.75) is 24.9 Å². The number of aliphatic imine (C=N–C) groups is 1. The van der Waals surface area contributed by atoms with Crippen molar-refractivity contribution in [1.82, 2.24) is 4.90 Å². The lowest BCUT2D eigenvalue weighted by Crippen LogP contribution is -2.50. The van der Waals surface area contributed by atoms with Gasteiger partial charge in [0.1, 0.15) is 0 Å². The molecular weight excluding hydrogens is 372 g/mol. The first-order chi connectivity index (χ1) is 12.5. The summed E-state index contributed by atoms with van der Waals surface area (Å²) in [6, 6.07) is 13.6. The van der Waals surface area contributed by atoms with E-state index in [1.165, 1.54) is 5.56 Å². The molecule has 138 valence electrons. The third-order valence-corrected chi connectivity index (χ3v) is 5.30. The molecule has 0 aliphatic carbocycles. The number of hydrogen-bond acceptors (Lipinski definition) is 3. The second-order valence-electron chi connectivity index (χ2n) is 6.68. The van der Waals surface area contributed by atoms with Crippen LogP contribution in [0.4, 0.5) is 10.1 Å². The second kappa shape index (κ2) is 8.38. The molecule has 2 aromatic rings. The minimum absolute atomic E-state index is 0.0186. The van der Waals surface area contributed by atoms with E-state index in [0.717, 1.165) is 32.5 Å². The molecule has 2 aromatic carbocycles. The van der Waals surface area contributed by atoms with Crippen molar-refractivity contribution in [3.05, 3.63) is 63.9 Å². The molecule has 0 aromatic heterocycles. The van der Waals surface area contributed by atoms with Gasteiger partial charge >= 0.3 is 0 Å². The fraction of sp³-hybridized carbons (Fsp3) is 0.350. The van der Waals surface area contributed by atoms with Crippen LogP contribution in [0.5, 0.6) is 0 Å². The molecule has 3 nitrogen and oxygen atoms in total. The van der Waals surface area contributed by atoms with Gasteiger partial charge in [-0.25, -0.2) is 4.39 Å². The lowest BCUT2D eigenvalue weighted by atomic mass is 9.88. The van der Waals surface area contributed by atoms with Gasteiger partial charge < -0.3 is 5.32 Å². The van der Waals surface area contributed by atoms with Crippen LogP contribution in [0, 0.1) is 5.82 Å². The summed E-state index contributed by atoms with van der Waals surface area (Å²) in [5.74, 6) is -0.588. The van der Waals surface area contributed by atoms with Gasteiger partial charge in [0.15, 0.2) is 5.82 Å². The van der Waals surface area contributed by atoms with Crippen LogP contribution in [0.3, 0.4) is 0 Å². The summed E-state index contributed by atoms with van der Waals surface area (Å²) >= 11 is 11.9. The van der Waals surface area contributed by atoms with Crippen molar-refractivity contribution < 1.29 is 4.39 Å². The number of nitrogens with zero attached hydrogens (tertiary/aromatic N) is 2. The Labute approximate surface area is 163 Å². The largest absolute Gasteiger partial charge is 0.374 e. The van der Waals surface area contributed by atoms with Crippen LogP contribution in [0.25, 0.3) is 0 Å². The van der Waals surface area contributed by atoms with E-state index in [1.807, 2.05) is 12.3 Å². The highest BCUT2D eigenvalue weighted by molar-refractivity contribution is 6.35. The van der Waals surface area contributed by atoms with Gasteiger partial charge in [-0.3, -0.25) is 9.89 Å². The highest BCUT2D eigenvalue weighted by Gasteiger charge is 2.33. The summed E-state index contributed by atoms with van der Waals surface area (Å²) in [6.45, 7) is 2.82. The van der Waals surface area contributed by atoms with Gasteiger partial charge in [-0.1, -0.05) is 53.5 Å². The molecule has 0 radical (unpaired) electrons. The molecule has 0 amide bonds. The molecular formula is C20H22Cl2FN3. The SMILES string of the molecule is CN=CC1(Nc2cc(Cl)c(F)c(Cl)c2)CCN(Cc2ccccc2)CC1. The smallest absolute Gasteiger partial charge is 0.160 e. The fourth-order valence-corrected chi connectivity index (χ4v) is 3.89. The second-order valence-corrected chi connectivity index (χ2v) is 7.50. The fourth-order valence-electron chi connectivity index (χ4n) is 3.40. The molecule has 3 rings (SSSR count). The zero-order valence-electron chi connectivity index (χ0n) is 14.7. The summed E-state index contributed by atoms with van der Waals surface area (Å²) in [5, 5.41) is 3.51. The first-order valence-corrected chi connectivity index (χ1v) is 9.39. The molecule has 0 bridgehead atoms. The molecule has 1 N–H and O–H groups in total. The van der Waals surface area contributed by atoms with Crippen LogP contribution in [0.2, 0.25) is 10.0 Å². The van der Waals surface area contributed by atoms with E-state index in [1.54, 1.807) is 19.2 Å². The van der Waals surface area contributed by atoms with Crippen molar-refractivity contribution in [2.24, 2.45) is 4.99 Å². The number of piperidine rings is 1. The predicted molar refractivity (Wildman–Crippen MR) is 108 cm³/mol. The highest BCUT2D eigenvalue weighted by atomic mass is 35.5.